The van der Waals surface area contributed by atoms with Gasteiger partial charge in [-0.05, 0) is 109 Å². The topological polar surface area (TPSA) is 228 Å². The van der Waals surface area contributed by atoms with Crippen molar-refractivity contribution in [3.8, 4) is 0 Å². The molecule has 0 bridgehead atoms. The zero-order chi connectivity index (χ0) is 70.1. The van der Waals surface area contributed by atoms with Crippen molar-refractivity contribution in [1.29, 1.82) is 0 Å². The van der Waals surface area contributed by atoms with Gasteiger partial charge in [-0.2, -0.15) is 0 Å². The number of hydrogen-bond donors (Lipinski definition) is 9. The van der Waals surface area contributed by atoms with Gasteiger partial charge in [0.1, 0.15) is 48.8 Å². The van der Waals surface area contributed by atoms with E-state index in [4.69, 9.17) is 18.9 Å². The van der Waals surface area contributed by atoms with E-state index in [-0.39, 0.29) is 18.9 Å². The van der Waals surface area contributed by atoms with E-state index in [0.29, 0.717) is 12.8 Å². The van der Waals surface area contributed by atoms with Crippen molar-refractivity contribution >= 4 is 5.91 Å². The first-order valence-corrected chi connectivity index (χ1v) is 38.9. The van der Waals surface area contributed by atoms with Crippen LogP contribution in [0.4, 0.5) is 0 Å². The molecular weight excluding hydrogens is 1220 g/mol. The van der Waals surface area contributed by atoms with Crippen LogP contribution in [0.25, 0.3) is 0 Å². The molecule has 12 unspecified atom stereocenters. The molecule has 9 N–H and O–H groups in total. The van der Waals surface area contributed by atoms with Crippen LogP contribution >= 0.6 is 0 Å². The highest BCUT2D eigenvalue weighted by Crippen LogP contribution is 2.30. The third-order valence-electron chi connectivity index (χ3n) is 18.0. The number of ether oxygens (including phenoxy) is 4. The van der Waals surface area contributed by atoms with E-state index >= 15 is 0 Å². The van der Waals surface area contributed by atoms with Crippen LogP contribution < -0.4 is 5.32 Å². The molecule has 14 heteroatoms. The number of rotatable bonds is 63. The average Bonchev–Trinajstić information content (AvgIpc) is 0.793. The van der Waals surface area contributed by atoms with Crippen molar-refractivity contribution < 1.29 is 64.6 Å². The lowest BCUT2D eigenvalue weighted by Gasteiger charge is -2.46. The zero-order valence-corrected chi connectivity index (χ0v) is 60.8. The number of aliphatic hydroxyl groups is 8. The molecule has 2 heterocycles. The Morgan fingerprint density at radius 3 is 1.13 bits per heavy atom. The Labute approximate surface area is 590 Å². The van der Waals surface area contributed by atoms with Crippen LogP contribution in [0.1, 0.15) is 290 Å². The molecule has 2 saturated heterocycles. The maximum atomic E-state index is 13.4. The number of carbonyl (C=O) groups excluding carboxylic acids is 1. The fourth-order valence-electron chi connectivity index (χ4n) is 11.9. The summed E-state index contributed by atoms with van der Waals surface area (Å²) in [5, 5.41) is 87.6. The highest BCUT2D eigenvalue weighted by molar-refractivity contribution is 5.76. The van der Waals surface area contributed by atoms with Crippen LogP contribution in [-0.4, -0.2) is 140 Å². The van der Waals surface area contributed by atoms with Crippen molar-refractivity contribution in [1.82, 2.24) is 5.32 Å². The fraction of sp³-hybridized carbons (Fsp3) is 0.723. The van der Waals surface area contributed by atoms with Crippen molar-refractivity contribution in [2.45, 2.75) is 364 Å². The molecule has 97 heavy (non-hydrogen) atoms. The van der Waals surface area contributed by atoms with E-state index in [2.05, 4.69) is 141 Å². The Morgan fingerprint density at radius 1 is 0.381 bits per heavy atom. The highest BCUT2D eigenvalue weighted by atomic mass is 16.7. The van der Waals surface area contributed by atoms with Crippen molar-refractivity contribution in [2.75, 3.05) is 19.8 Å². The zero-order valence-electron chi connectivity index (χ0n) is 60.8. The SMILES string of the molecule is CC/C=C\C/C=C\C/C=C\C/C=C\C/C=C\C/C=C\C/C=C\C/C=C\CCCCCCCCCCCCC(=O)NC(COC1OC(CO)C(OC2OC(CO)C(O)C(O)C2O)C(O)C1O)C(O)/C=C/CC/C=C/CC/C=C/CCCCCCCCCCCCCCCCCCCC. The van der Waals surface area contributed by atoms with Crippen LogP contribution in [0.15, 0.2) is 134 Å². The lowest BCUT2D eigenvalue weighted by molar-refractivity contribution is -0.359. The van der Waals surface area contributed by atoms with Crippen LogP contribution in [0.2, 0.25) is 0 Å². The van der Waals surface area contributed by atoms with E-state index in [1.54, 1.807) is 6.08 Å². The molecule has 0 aromatic carbocycles. The summed E-state index contributed by atoms with van der Waals surface area (Å²) in [6, 6.07) is -0.952. The second kappa shape index (κ2) is 65.4. The van der Waals surface area contributed by atoms with Gasteiger partial charge < -0.3 is 65.1 Å². The largest absolute Gasteiger partial charge is 0.394 e. The van der Waals surface area contributed by atoms with Gasteiger partial charge in [0.05, 0.1) is 32.0 Å². The highest BCUT2D eigenvalue weighted by Gasteiger charge is 2.51. The monoisotopic (exact) mass is 1360 g/mol. The Balaban J connectivity index is 1.67. The van der Waals surface area contributed by atoms with Gasteiger partial charge in [0.2, 0.25) is 5.91 Å². The second-order valence-electron chi connectivity index (χ2n) is 26.7. The molecule has 556 valence electrons. The van der Waals surface area contributed by atoms with Gasteiger partial charge in [0, 0.05) is 6.42 Å². The summed E-state index contributed by atoms with van der Waals surface area (Å²) in [5.41, 5.74) is 0. The first-order valence-electron chi connectivity index (χ1n) is 38.9. The molecule has 2 aliphatic rings. The Kier molecular flexibility index (Phi) is 60.2. The first kappa shape index (κ1) is 89.2. The third kappa shape index (κ3) is 48.6. The summed E-state index contributed by atoms with van der Waals surface area (Å²) < 4.78 is 22.9. The second-order valence-corrected chi connectivity index (χ2v) is 26.7. The number of amides is 1. The summed E-state index contributed by atoms with van der Waals surface area (Å²) in [5.74, 6) is -0.261. The molecule has 0 aromatic rings. The molecule has 2 fully saturated rings. The predicted octanol–water partition coefficient (Wildman–Crippen LogP) is 17.4. The molecule has 0 aliphatic carbocycles. The molecule has 0 saturated carbocycles. The summed E-state index contributed by atoms with van der Waals surface area (Å²) in [6.07, 6.45) is 80.9. The minimum absolute atomic E-state index is 0.256. The quantitative estimate of drug-likeness (QED) is 0.0204. The molecule has 2 rings (SSSR count). The third-order valence-corrected chi connectivity index (χ3v) is 18.0. The number of carbonyl (C=O) groups is 1. The van der Waals surface area contributed by atoms with E-state index in [1.807, 2.05) is 6.08 Å². The Morgan fingerprint density at radius 2 is 0.722 bits per heavy atom. The minimum atomic E-state index is -1.80. The lowest BCUT2D eigenvalue weighted by Crippen LogP contribution is -2.65. The van der Waals surface area contributed by atoms with E-state index in [9.17, 15) is 45.6 Å². The molecule has 1 amide bonds. The van der Waals surface area contributed by atoms with Gasteiger partial charge in [-0.1, -0.05) is 308 Å². The van der Waals surface area contributed by atoms with Crippen LogP contribution in [0, 0.1) is 0 Å². The Hall–Kier alpha value is -3.87. The molecule has 14 nitrogen and oxygen atoms in total. The smallest absolute Gasteiger partial charge is 0.220 e. The van der Waals surface area contributed by atoms with Gasteiger partial charge in [0.25, 0.3) is 0 Å². The normalized spacial score (nSPS) is 22.9. The lowest BCUT2D eigenvalue weighted by atomic mass is 9.97. The van der Waals surface area contributed by atoms with Gasteiger partial charge in [-0.25, -0.2) is 0 Å². The van der Waals surface area contributed by atoms with Gasteiger partial charge >= 0.3 is 0 Å². The molecule has 0 spiro atoms. The molecular formula is C83H141NO13. The maximum absolute atomic E-state index is 13.4. The average molecular weight is 1360 g/mol. The maximum Gasteiger partial charge on any atom is 0.220 e. The number of nitrogens with one attached hydrogen (secondary N) is 1. The standard InChI is InChI=1S/C83H141NO13/c1-3-5-7-9-11-13-15-17-19-21-23-25-27-29-31-33-34-35-36-37-38-39-41-43-45-47-49-51-53-55-57-59-61-63-65-67-75(88)84-71(70-94-82-80(93)78(91)81(74(69-86)96-82)97-83-79(92)77(90)76(89)73(68-85)95-83)72(87)66-64-62-60-58-56-54-52-50-48-46-44-42-40-32-30-28-26-24-22-20-18-16-14-12-10-8-6-4-2/h5,7,11,13,17,19,23,25,29,31,34-35,37-38,41,43,48,50,56,58,64,66,71-74,76-83,85-87,89-93H,3-4,6,8-10,12,14-16,18,20-22,24,26-28,30,32-33,36,39-40,42,44-47,49,51-55,57,59-63,65,67-70H2,1-2H3,(H,84,88)/b7-5-,13-11-,19-17-,25-23-,31-29-,35-34-,38-37-,43-41-,50-48+,58-56+,66-64+. The molecule has 12 atom stereocenters. The number of allylic oxidation sites excluding steroid dienone is 21. The fourth-order valence-corrected chi connectivity index (χ4v) is 11.9. The van der Waals surface area contributed by atoms with Crippen LogP contribution in [0.5, 0.6) is 0 Å². The first-order chi connectivity index (χ1) is 47.6. The molecule has 0 radical (unpaired) electrons. The van der Waals surface area contributed by atoms with Crippen LogP contribution in [0.3, 0.4) is 0 Å². The van der Waals surface area contributed by atoms with Gasteiger partial charge in [0.15, 0.2) is 12.6 Å². The number of unbranched alkanes of at least 4 members (excludes halogenated alkanes) is 30. The molecule has 2 aliphatic heterocycles. The molecule has 0 aromatic heterocycles. The number of hydrogen-bond acceptors (Lipinski definition) is 13. The number of aliphatic hydroxyl groups excluding tert-OH is 8. The minimum Gasteiger partial charge on any atom is -0.394 e. The van der Waals surface area contributed by atoms with E-state index in [1.165, 1.54) is 154 Å². The van der Waals surface area contributed by atoms with Crippen molar-refractivity contribution in [3.05, 3.63) is 134 Å². The Bertz CT molecular complexity index is 2140. The summed E-state index contributed by atoms with van der Waals surface area (Å²) in [6.45, 7) is 2.68. The van der Waals surface area contributed by atoms with Gasteiger partial charge in [-0.15, -0.1) is 0 Å². The van der Waals surface area contributed by atoms with Crippen molar-refractivity contribution in [3.63, 3.8) is 0 Å². The predicted molar refractivity (Wildman–Crippen MR) is 401 cm³/mol. The van der Waals surface area contributed by atoms with Crippen molar-refractivity contribution in [2.24, 2.45) is 0 Å². The summed E-state index contributed by atoms with van der Waals surface area (Å²) in [7, 11) is 0. The van der Waals surface area contributed by atoms with E-state index in [0.717, 1.165) is 103 Å². The summed E-state index contributed by atoms with van der Waals surface area (Å²) in [4.78, 5) is 13.4. The summed E-state index contributed by atoms with van der Waals surface area (Å²) >= 11 is 0. The van der Waals surface area contributed by atoms with E-state index < -0.39 is 86.8 Å². The van der Waals surface area contributed by atoms with Crippen LogP contribution in [-0.2, 0) is 23.7 Å². The van der Waals surface area contributed by atoms with Gasteiger partial charge in [-0.3, -0.25) is 4.79 Å².